The van der Waals surface area contributed by atoms with Gasteiger partial charge in [-0.1, -0.05) is 66.7 Å². The molecule has 7 heteroatoms. The number of hydrogen-bond donors (Lipinski definition) is 1. The van der Waals surface area contributed by atoms with Crippen LogP contribution in [0, 0.1) is 11.8 Å². The summed E-state index contributed by atoms with van der Waals surface area (Å²) < 4.78 is 11.9. The molecule has 0 unspecified atom stereocenters. The molecule has 0 spiro atoms. The maximum Gasteiger partial charge on any atom is 0.236 e. The fourth-order valence-corrected chi connectivity index (χ4v) is 6.09. The molecule has 0 saturated carbocycles. The van der Waals surface area contributed by atoms with Crippen LogP contribution in [-0.2, 0) is 29.2 Å². The molecule has 1 N–H and O–H groups in total. The van der Waals surface area contributed by atoms with E-state index >= 15 is 0 Å². The van der Waals surface area contributed by atoms with Gasteiger partial charge in [-0.2, -0.15) is 0 Å². The van der Waals surface area contributed by atoms with Gasteiger partial charge in [0.05, 0.1) is 20.3 Å². The minimum atomic E-state index is 0.0784. The highest BCUT2D eigenvalue weighted by atomic mass is 16.5. The number of fused-ring (bicyclic) bond motifs is 3. The van der Waals surface area contributed by atoms with E-state index < -0.39 is 0 Å². The second-order valence-corrected chi connectivity index (χ2v) is 11.2. The third-order valence-electron chi connectivity index (χ3n) is 8.31. The molecule has 0 aromatic heterocycles. The maximum atomic E-state index is 13.7. The Labute approximate surface area is 243 Å². The second-order valence-electron chi connectivity index (χ2n) is 11.2. The van der Waals surface area contributed by atoms with Crippen molar-refractivity contribution in [2.24, 2.45) is 11.8 Å². The molecule has 0 aliphatic carbocycles. The Hall–Kier alpha value is -3.84. The largest absolute Gasteiger partial charge is 0.496 e. The lowest BCUT2D eigenvalue weighted by Gasteiger charge is -2.39. The number of carbonyl (C=O) groups is 2. The van der Waals surface area contributed by atoms with Crippen molar-refractivity contribution in [1.82, 2.24) is 15.1 Å². The number of para-hydroxylation sites is 2. The number of nitrogens with zero attached hydrogens (tertiary/aromatic N) is 2. The third-order valence-corrected chi connectivity index (χ3v) is 8.31. The van der Waals surface area contributed by atoms with Crippen molar-refractivity contribution < 1.29 is 19.1 Å². The van der Waals surface area contributed by atoms with E-state index in [4.69, 9.17) is 9.47 Å². The quantitative estimate of drug-likeness (QED) is 0.442. The van der Waals surface area contributed by atoms with Gasteiger partial charge in [0.15, 0.2) is 0 Å². The van der Waals surface area contributed by atoms with Gasteiger partial charge in [-0.25, -0.2) is 0 Å². The zero-order valence-corrected chi connectivity index (χ0v) is 24.0. The minimum Gasteiger partial charge on any atom is -0.496 e. The van der Waals surface area contributed by atoms with Gasteiger partial charge >= 0.3 is 0 Å². The predicted molar refractivity (Wildman–Crippen MR) is 159 cm³/mol. The summed E-state index contributed by atoms with van der Waals surface area (Å²) >= 11 is 0. The van der Waals surface area contributed by atoms with E-state index in [9.17, 15) is 9.59 Å². The van der Waals surface area contributed by atoms with Crippen molar-refractivity contribution >= 4 is 11.8 Å². The van der Waals surface area contributed by atoms with Crippen molar-refractivity contribution in [2.75, 3.05) is 33.4 Å². The summed E-state index contributed by atoms with van der Waals surface area (Å²) in [6.07, 6.45) is 3.13. The first-order valence-corrected chi connectivity index (χ1v) is 14.7. The molecule has 1 fully saturated rings. The van der Waals surface area contributed by atoms with Crippen LogP contribution in [-0.4, -0.2) is 55.0 Å². The molecule has 2 amide bonds. The molecule has 3 aromatic rings. The lowest BCUT2D eigenvalue weighted by atomic mass is 9.80. The van der Waals surface area contributed by atoms with E-state index in [2.05, 4.69) is 22.3 Å². The average molecular weight is 556 g/mol. The Morgan fingerprint density at radius 3 is 2.61 bits per heavy atom. The molecule has 7 nitrogen and oxygen atoms in total. The standard InChI is InChI=1S/C34H41N3O4/c1-40-31-15-7-5-12-29(31)22-36-23-30-13-6-8-16-32(30)41-19-9-14-28-24-37(34(39)25-36)18-17-27(28)20-33(38)35-21-26-10-3-2-4-11-26/h2-8,10-13,15-16,27-28H,9,14,17-25H2,1H3,(H,35,38)/t27-,28-/m0/s1. The second kappa shape index (κ2) is 14.2. The number of carbonyl (C=O) groups excluding carboxylic acids is 2. The van der Waals surface area contributed by atoms with Gasteiger partial charge in [0.1, 0.15) is 11.5 Å². The van der Waals surface area contributed by atoms with Crippen molar-refractivity contribution in [3.63, 3.8) is 0 Å². The van der Waals surface area contributed by atoms with Gasteiger partial charge in [0.2, 0.25) is 11.8 Å². The Bertz CT molecular complexity index is 1300. The number of rotatable bonds is 7. The molecule has 41 heavy (non-hydrogen) atoms. The van der Waals surface area contributed by atoms with Gasteiger partial charge in [-0.3, -0.25) is 14.5 Å². The first-order valence-electron chi connectivity index (χ1n) is 14.7. The fraction of sp³-hybridized carbons (Fsp3) is 0.412. The van der Waals surface area contributed by atoms with Crippen LogP contribution in [0.3, 0.4) is 0 Å². The number of nitrogens with one attached hydrogen (secondary N) is 1. The van der Waals surface area contributed by atoms with Gasteiger partial charge in [0, 0.05) is 50.3 Å². The van der Waals surface area contributed by atoms with Crippen LogP contribution in [0.15, 0.2) is 78.9 Å². The first-order chi connectivity index (χ1) is 20.1. The lowest BCUT2D eigenvalue weighted by molar-refractivity contribution is -0.135. The van der Waals surface area contributed by atoms with Crippen LogP contribution < -0.4 is 14.8 Å². The number of piperidine rings is 1. The smallest absolute Gasteiger partial charge is 0.236 e. The van der Waals surface area contributed by atoms with Crippen molar-refractivity contribution in [1.29, 1.82) is 0 Å². The summed E-state index contributed by atoms with van der Waals surface area (Å²) in [5.41, 5.74) is 3.21. The Balaban J connectivity index is 1.30. The summed E-state index contributed by atoms with van der Waals surface area (Å²) in [6, 6.07) is 26.1. The molecule has 3 aromatic carbocycles. The number of benzene rings is 3. The van der Waals surface area contributed by atoms with E-state index in [0.717, 1.165) is 47.5 Å². The normalized spacial score (nSPS) is 20.0. The van der Waals surface area contributed by atoms with Crippen molar-refractivity contribution in [3.8, 4) is 11.5 Å². The third kappa shape index (κ3) is 7.88. The van der Waals surface area contributed by atoms with E-state index in [1.165, 1.54) is 0 Å². The molecule has 2 heterocycles. The molecule has 2 aliphatic rings. The molecule has 5 rings (SSSR count). The number of hydrogen-bond acceptors (Lipinski definition) is 5. The summed E-state index contributed by atoms with van der Waals surface area (Å²) in [7, 11) is 1.68. The molecular formula is C34H41N3O4. The lowest BCUT2D eigenvalue weighted by Crippen LogP contribution is -2.48. The average Bonchev–Trinajstić information content (AvgIpc) is 3.00. The highest BCUT2D eigenvalue weighted by molar-refractivity contribution is 5.79. The molecule has 0 radical (unpaired) electrons. The topological polar surface area (TPSA) is 71.1 Å². The highest BCUT2D eigenvalue weighted by Crippen LogP contribution is 2.32. The van der Waals surface area contributed by atoms with Crippen LogP contribution in [0.2, 0.25) is 0 Å². The predicted octanol–water partition coefficient (Wildman–Crippen LogP) is 5.04. The molecule has 2 bridgehead atoms. The SMILES string of the molecule is COc1ccccc1CN1CC(=O)N2CC[C@@H](CC(=O)NCc3ccccc3)[C@@H](CCCOc3ccccc3C1)C2. The summed E-state index contributed by atoms with van der Waals surface area (Å²) in [4.78, 5) is 30.8. The number of amides is 2. The Morgan fingerprint density at radius 2 is 1.76 bits per heavy atom. The zero-order chi connectivity index (χ0) is 28.4. The fourth-order valence-electron chi connectivity index (χ4n) is 6.09. The van der Waals surface area contributed by atoms with E-state index in [-0.39, 0.29) is 23.7 Å². The van der Waals surface area contributed by atoms with Crippen LogP contribution in [0.25, 0.3) is 0 Å². The summed E-state index contributed by atoms with van der Waals surface area (Å²) in [5.74, 6) is 2.40. The zero-order valence-electron chi connectivity index (χ0n) is 24.0. The van der Waals surface area contributed by atoms with E-state index in [1.54, 1.807) is 7.11 Å². The monoisotopic (exact) mass is 555 g/mol. The van der Waals surface area contributed by atoms with Crippen molar-refractivity contribution in [2.45, 2.75) is 45.3 Å². The maximum absolute atomic E-state index is 13.7. The molecular weight excluding hydrogens is 514 g/mol. The summed E-state index contributed by atoms with van der Waals surface area (Å²) in [5, 5.41) is 3.09. The van der Waals surface area contributed by atoms with Gasteiger partial charge in [-0.05, 0) is 48.8 Å². The van der Waals surface area contributed by atoms with Gasteiger partial charge in [0.25, 0.3) is 0 Å². The Morgan fingerprint density at radius 1 is 0.976 bits per heavy atom. The number of methoxy groups -OCH3 is 1. The van der Waals surface area contributed by atoms with Crippen LogP contribution >= 0.6 is 0 Å². The van der Waals surface area contributed by atoms with Crippen molar-refractivity contribution in [3.05, 3.63) is 95.6 Å². The molecule has 2 atom stereocenters. The molecule has 2 aliphatic heterocycles. The van der Waals surface area contributed by atoms with Gasteiger partial charge in [-0.15, -0.1) is 0 Å². The Kier molecular flexibility index (Phi) is 9.91. The van der Waals surface area contributed by atoms with Crippen LogP contribution in [0.4, 0.5) is 0 Å². The van der Waals surface area contributed by atoms with E-state index in [0.29, 0.717) is 52.3 Å². The molecule has 216 valence electrons. The van der Waals surface area contributed by atoms with E-state index in [1.807, 2.05) is 71.6 Å². The van der Waals surface area contributed by atoms with Gasteiger partial charge < -0.3 is 19.7 Å². The molecule has 1 saturated heterocycles. The summed E-state index contributed by atoms with van der Waals surface area (Å²) in [6.45, 7) is 4.01. The number of ether oxygens (including phenoxy) is 2. The van der Waals surface area contributed by atoms with Crippen LogP contribution in [0.1, 0.15) is 42.4 Å². The minimum absolute atomic E-state index is 0.0784. The first kappa shape index (κ1) is 28.7. The van der Waals surface area contributed by atoms with Crippen LogP contribution in [0.5, 0.6) is 11.5 Å². The highest BCUT2D eigenvalue weighted by Gasteiger charge is 2.33.